The van der Waals surface area contributed by atoms with E-state index in [1.807, 2.05) is 6.92 Å². The normalized spacial score (nSPS) is 28.5. The smallest absolute Gasteiger partial charge is 0.312 e. The first-order valence-corrected chi connectivity index (χ1v) is 15.3. The summed E-state index contributed by atoms with van der Waals surface area (Å²) in [5.41, 5.74) is 0.0347. The van der Waals surface area contributed by atoms with E-state index in [4.69, 9.17) is 4.74 Å². The van der Waals surface area contributed by atoms with E-state index in [9.17, 15) is 4.79 Å². The van der Waals surface area contributed by atoms with Crippen molar-refractivity contribution in [2.24, 2.45) is 22.7 Å². The third-order valence-electron chi connectivity index (χ3n) is 10.2. The zero-order valence-corrected chi connectivity index (χ0v) is 22.4. The van der Waals surface area contributed by atoms with Crippen LogP contribution in [0.5, 0.6) is 0 Å². The number of hydrogen-bond donors (Lipinski definition) is 0. The Bertz CT molecular complexity index is 533. The fourth-order valence-corrected chi connectivity index (χ4v) is 8.21. The number of unbranched alkanes of at least 4 members (excludes halogenated alkanes) is 7. The molecule has 0 amide bonds. The lowest BCUT2D eigenvalue weighted by molar-refractivity contribution is -0.174. The molecule has 0 aromatic heterocycles. The van der Waals surface area contributed by atoms with Gasteiger partial charge in [-0.15, -0.1) is 0 Å². The van der Waals surface area contributed by atoms with Crippen LogP contribution in [0, 0.1) is 22.7 Å². The van der Waals surface area contributed by atoms with Gasteiger partial charge in [-0.3, -0.25) is 4.79 Å². The van der Waals surface area contributed by atoms with E-state index >= 15 is 0 Å². The standard InChI is InChI=1S/C31H56O2/c1-3-5-6-7-8-9-10-15-22-30(31(29(32)33-4-2)23-16-12-17-24-31)25-20-28(21-26-30)27-18-13-11-14-19-27/h27-28H,3-26H2,1-2H3/t28-,30+. The number of rotatable bonds is 13. The van der Waals surface area contributed by atoms with Gasteiger partial charge in [-0.2, -0.15) is 0 Å². The predicted octanol–water partition coefficient (Wildman–Crippen LogP) is 9.79. The van der Waals surface area contributed by atoms with E-state index in [1.165, 1.54) is 135 Å². The minimum Gasteiger partial charge on any atom is -0.466 e. The molecule has 3 aliphatic rings. The fraction of sp³-hybridized carbons (Fsp3) is 0.968. The van der Waals surface area contributed by atoms with E-state index in [0.29, 0.717) is 6.61 Å². The van der Waals surface area contributed by atoms with E-state index in [2.05, 4.69) is 6.92 Å². The van der Waals surface area contributed by atoms with Crippen molar-refractivity contribution < 1.29 is 9.53 Å². The van der Waals surface area contributed by atoms with Gasteiger partial charge >= 0.3 is 5.97 Å². The Balaban J connectivity index is 1.66. The molecule has 0 aliphatic heterocycles. The average Bonchev–Trinajstić information content (AvgIpc) is 2.87. The molecule has 3 saturated carbocycles. The second kappa shape index (κ2) is 14.1. The maximum Gasteiger partial charge on any atom is 0.312 e. The Morgan fingerprint density at radius 1 is 0.667 bits per heavy atom. The molecule has 3 aliphatic carbocycles. The minimum atomic E-state index is -0.181. The molecule has 0 aromatic rings. The second-order valence-corrected chi connectivity index (χ2v) is 12.1. The molecule has 192 valence electrons. The van der Waals surface area contributed by atoms with Crippen LogP contribution in [0.2, 0.25) is 0 Å². The summed E-state index contributed by atoms with van der Waals surface area (Å²) >= 11 is 0. The molecule has 0 saturated heterocycles. The Morgan fingerprint density at radius 2 is 1.21 bits per heavy atom. The molecule has 3 fully saturated rings. The first-order valence-electron chi connectivity index (χ1n) is 15.3. The van der Waals surface area contributed by atoms with Crippen molar-refractivity contribution in [2.45, 2.75) is 162 Å². The Morgan fingerprint density at radius 3 is 1.82 bits per heavy atom. The largest absolute Gasteiger partial charge is 0.466 e. The minimum absolute atomic E-state index is 0.181. The van der Waals surface area contributed by atoms with Crippen LogP contribution in [-0.2, 0) is 9.53 Å². The fourth-order valence-electron chi connectivity index (χ4n) is 8.21. The highest BCUT2D eigenvalue weighted by atomic mass is 16.5. The highest BCUT2D eigenvalue weighted by molar-refractivity contribution is 5.78. The molecule has 0 N–H and O–H groups in total. The SMILES string of the molecule is CCCCCCCCCC[C@]1(C2(C(=O)OCC)CCCCC2)CC[C@@H](C2CCCCC2)CC1. The van der Waals surface area contributed by atoms with Gasteiger partial charge in [-0.25, -0.2) is 0 Å². The van der Waals surface area contributed by atoms with Crippen LogP contribution < -0.4 is 0 Å². The van der Waals surface area contributed by atoms with Gasteiger partial charge < -0.3 is 4.74 Å². The van der Waals surface area contributed by atoms with Crippen molar-refractivity contribution in [3.05, 3.63) is 0 Å². The van der Waals surface area contributed by atoms with Gasteiger partial charge in [0.15, 0.2) is 0 Å². The molecular formula is C31H56O2. The summed E-state index contributed by atoms with van der Waals surface area (Å²) in [6.45, 7) is 4.84. The quantitative estimate of drug-likeness (QED) is 0.202. The van der Waals surface area contributed by atoms with Gasteiger partial charge in [0.1, 0.15) is 0 Å². The van der Waals surface area contributed by atoms with Crippen molar-refractivity contribution in [1.29, 1.82) is 0 Å². The van der Waals surface area contributed by atoms with Crippen LogP contribution >= 0.6 is 0 Å². The zero-order valence-electron chi connectivity index (χ0n) is 22.4. The Hall–Kier alpha value is -0.530. The molecule has 2 nitrogen and oxygen atoms in total. The molecule has 0 bridgehead atoms. The van der Waals surface area contributed by atoms with Gasteiger partial charge in [-0.1, -0.05) is 110 Å². The van der Waals surface area contributed by atoms with Gasteiger partial charge in [0.2, 0.25) is 0 Å². The summed E-state index contributed by atoms with van der Waals surface area (Å²) in [5.74, 6) is 2.09. The van der Waals surface area contributed by atoms with Gasteiger partial charge in [0.25, 0.3) is 0 Å². The first kappa shape index (κ1) is 27.1. The van der Waals surface area contributed by atoms with Crippen LogP contribution in [0.1, 0.15) is 162 Å². The Kier molecular flexibility index (Phi) is 11.6. The number of carbonyl (C=O) groups is 1. The van der Waals surface area contributed by atoms with E-state index in [1.54, 1.807) is 0 Å². The molecular weight excluding hydrogens is 404 g/mol. The summed E-state index contributed by atoms with van der Waals surface area (Å²) in [5, 5.41) is 0. The van der Waals surface area contributed by atoms with Gasteiger partial charge in [0, 0.05) is 0 Å². The predicted molar refractivity (Wildman–Crippen MR) is 140 cm³/mol. The maximum absolute atomic E-state index is 13.6. The molecule has 0 heterocycles. The summed E-state index contributed by atoms with van der Waals surface area (Å²) in [6, 6.07) is 0. The molecule has 2 heteroatoms. The van der Waals surface area contributed by atoms with Crippen molar-refractivity contribution in [2.75, 3.05) is 6.61 Å². The molecule has 0 spiro atoms. The Labute approximate surface area is 206 Å². The van der Waals surface area contributed by atoms with Crippen molar-refractivity contribution in [3.8, 4) is 0 Å². The van der Waals surface area contributed by atoms with Crippen molar-refractivity contribution in [1.82, 2.24) is 0 Å². The molecule has 0 aromatic carbocycles. The van der Waals surface area contributed by atoms with Crippen LogP contribution in [0.4, 0.5) is 0 Å². The maximum atomic E-state index is 13.6. The van der Waals surface area contributed by atoms with Crippen LogP contribution in [0.15, 0.2) is 0 Å². The summed E-state index contributed by atoms with van der Waals surface area (Å²) in [7, 11) is 0. The van der Waals surface area contributed by atoms with Crippen molar-refractivity contribution in [3.63, 3.8) is 0 Å². The van der Waals surface area contributed by atoms with Crippen molar-refractivity contribution >= 4 is 5.97 Å². The monoisotopic (exact) mass is 460 g/mol. The highest BCUT2D eigenvalue weighted by Gasteiger charge is 2.57. The topological polar surface area (TPSA) is 26.3 Å². The number of hydrogen-bond acceptors (Lipinski definition) is 2. The molecule has 3 rings (SSSR count). The van der Waals surface area contributed by atoms with Crippen LogP contribution in [0.25, 0.3) is 0 Å². The van der Waals surface area contributed by atoms with E-state index < -0.39 is 0 Å². The zero-order chi connectivity index (χ0) is 23.4. The summed E-state index contributed by atoms with van der Waals surface area (Å²) in [4.78, 5) is 13.6. The molecule has 0 radical (unpaired) electrons. The number of esters is 1. The molecule has 0 unspecified atom stereocenters. The second-order valence-electron chi connectivity index (χ2n) is 12.1. The molecule has 33 heavy (non-hydrogen) atoms. The summed E-state index contributed by atoms with van der Waals surface area (Å²) in [6.07, 6.45) is 30.9. The number of carbonyl (C=O) groups excluding carboxylic acids is 1. The lowest BCUT2D eigenvalue weighted by Gasteiger charge is -2.55. The average molecular weight is 461 g/mol. The summed E-state index contributed by atoms with van der Waals surface area (Å²) < 4.78 is 5.85. The third kappa shape index (κ3) is 7.00. The molecule has 0 atom stereocenters. The lowest BCUT2D eigenvalue weighted by Crippen LogP contribution is -2.52. The third-order valence-corrected chi connectivity index (χ3v) is 10.2. The number of ether oxygens (including phenoxy) is 1. The van der Waals surface area contributed by atoms with Gasteiger partial charge in [0.05, 0.1) is 12.0 Å². The lowest BCUT2D eigenvalue weighted by atomic mass is 9.49. The highest BCUT2D eigenvalue weighted by Crippen LogP contribution is 2.61. The van der Waals surface area contributed by atoms with Crippen LogP contribution in [-0.4, -0.2) is 12.6 Å². The first-order chi connectivity index (χ1) is 16.2. The van der Waals surface area contributed by atoms with Crippen LogP contribution in [0.3, 0.4) is 0 Å². The van der Waals surface area contributed by atoms with E-state index in [0.717, 1.165) is 24.7 Å². The van der Waals surface area contributed by atoms with E-state index in [-0.39, 0.29) is 16.8 Å². The van der Waals surface area contributed by atoms with Gasteiger partial charge in [-0.05, 0) is 69.1 Å².